The molecule has 190 valence electrons. The molecule has 2 fully saturated rings. The summed E-state index contributed by atoms with van der Waals surface area (Å²) >= 11 is 0. The predicted octanol–water partition coefficient (Wildman–Crippen LogP) is 4.22. The second-order valence-corrected chi connectivity index (χ2v) is 11.3. The maximum atomic E-state index is 12.2. The van der Waals surface area contributed by atoms with Crippen molar-refractivity contribution in [3.63, 3.8) is 0 Å². The highest BCUT2D eigenvalue weighted by Crippen LogP contribution is 2.39. The van der Waals surface area contributed by atoms with Gasteiger partial charge in [0.15, 0.2) is 0 Å². The number of hydrogen-bond donors (Lipinski definition) is 2. The standard InChI is InChI=1S/C20H25N3O3S.C9H10/c21-18-10-12-23(13-11-18)15-17-8-6-16(7-9-17)14-20(24)22-27(25,26)19-4-2-1-3-5-19;1-2-4-8(5-3-1)9-6-7-9/h1-9,18H,10-15,21H2,(H,22,24);1-5,9H,6-7H2. The lowest BCUT2D eigenvalue weighted by Crippen LogP contribution is -2.39. The van der Waals surface area contributed by atoms with Crippen LogP contribution in [0.4, 0.5) is 0 Å². The minimum atomic E-state index is -3.83. The quantitative estimate of drug-likeness (QED) is 0.502. The molecule has 5 rings (SSSR count). The van der Waals surface area contributed by atoms with Gasteiger partial charge in [0, 0.05) is 12.6 Å². The van der Waals surface area contributed by atoms with Crippen molar-refractivity contribution in [2.45, 2.75) is 55.5 Å². The Kier molecular flexibility index (Phi) is 8.91. The average molecular weight is 506 g/mol. The van der Waals surface area contributed by atoms with E-state index in [1.165, 1.54) is 36.1 Å². The molecule has 0 aromatic heterocycles. The smallest absolute Gasteiger partial charge is 0.264 e. The maximum absolute atomic E-state index is 12.2. The number of sulfonamides is 1. The van der Waals surface area contributed by atoms with Crippen LogP contribution >= 0.6 is 0 Å². The van der Waals surface area contributed by atoms with E-state index in [0.717, 1.165) is 44.0 Å². The van der Waals surface area contributed by atoms with Gasteiger partial charge in [-0.25, -0.2) is 13.1 Å². The third-order valence-electron chi connectivity index (χ3n) is 6.58. The van der Waals surface area contributed by atoms with Gasteiger partial charge in [-0.05, 0) is 73.5 Å². The molecule has 1 amide bonds. The zero-order valence-electron chi connectivity index (χ0n) is 20.6. The number of carbonyl (C=O) groups excluding carboxylic acids is 1. The van der Waals surface area contributed by atoms with E-state index in [1.54, 1.807) is 18.2 Å². The van der Waals surface area contributed by atoms with E-state index in [-0.39, 0.29) is 11.3 Å². The van der Waals surface area contributed by atoms with Crippen molar-refractivity contribution in [1.29, 1.82) is 0 Å². The van der Waals surface area contributed by atoms with E-state index < -0.39 is 15.9 Å². The lowest BCUT2D eigenvalue weighted by molar-refractivity contribution is -0.118. The van der Waals surface area contributed by atoms with E-state index in [1.807, 2.05) is 24.3 Å². The lowest BCUT2D eigenvalue weighted by Gasteiger charge is -2.30. The molecule has 36 heavy (non-hydrogen) atoms. The van der Waals surface area contributed by atoms with Gasteiger partial charge in [-0.3, -0.25) is 9.69 Å². The first kappa shape index (κ1) is 26.1. The summed E-state index contributed by atoms with van der Waals surface area (Å²) in [4.78, 5) is 14.6. The Bertz CT molecular complexity index is 1200. The van der Waals surface area contributed by atoms with Crippen LogP contribution in [0.25, 0.3) is 0 Å². The lowest BCUT2D eigenvalue weighted by atomic mass is 10.0. The molecular weight excluding hydrogens is 470 g/mol. The largest absolute Gasteiger partial charge is 0.328 e. The predicted molar refractivity (Wildman–Crippen MR) is 143 cm³/mol. The molecule has 1 heterocycles. The molecule has 3 N–H and O–H groups in total. The zero-order chi connectivity index (χ0) is 25.4. The molecule has 0 bridgehead atoms. The summed E-state index contributed by atoms with van der Waals surface area (Å²) in [5.41, 5.74) is 9.41. The van der Waals surface area contributed by atoms with Gasteiger partial charge in [-0.15, -0.1) is 0 Å². The molecule has 3 aromatic carbocycles. The summed E-state index contributed by atoms with van der Waals surface area (Å²) in [7, 11) is -3.83. The third-order valence-corrected chi connectivity index (χ3v) is 7.97. The third kappa shape index (κ3) is 8.01. The van der Waals surface area contributed by atoms with Gasteiger partial charge in [-0.1, -0.05) is 72.8 Å². The molecule has 0 atom stereocenters. The highest BCUT2D eigenvalue weighted by atomic mass is 32.2. The average Bonchev–Trinajstić information content (AvgIpc) is 3.74. The van der Waals surface area contributed by atoms with Crippen molar-refractivity contribution in [1.82, 2.24) is 9.62 Å². The Morgan fingerprint density at radius 3 is 1.94 bits per heavy atom. The molecule has 1 aliphatic heterocycles. The van der Waals surface area contributed by atoms with Gasteiger partial charge in [0.25, 0.3) is 10.0 Å². The van der Waals surface area contributed by atoms with Crippen LogP contribution in [0.2, 0.25) is 0 Å². The number of nitrogens with zero attached hydrogens (tertiary/aromatic N) is 1. The highest BCUT2D eigenvalue weighted by Gasteiger charge is 2.22. The number of likely N-dealkylation sites (tertiary alicyclic amines) is 1. The van der Waals surface area contributed by atoms with Gasteiger partial charge in [-0.2, -0.15) is 0 Å². The van der Waals surface area contributed by atoms with E-state index in [2.05, 4.69) is 40.0 Å². The van der Waals surface area contributed by atoms with Crippen molar-refractivity contribution < 1.29 is 13.2 Å². The van der Waals surface area contributed by atoms with Crippen LogP contribution < -0.4 is 10.5 Å². The van der Waals surface area contributed by atoms with Crippen molar-refractivity contribution in [3.8, 4) is 0 Å². The molecule has 6 nitrogen and oxygen atoms in total. The number of piperidine rings is 1. The minimum absolute atomic E-state index is 0.0188. The topological polar surface area (TPSA) is 92.5 Å². The van der Waals surface area contributed by atoms with E-state index in [9.17, 15) is 13.2 Å². The number of benzene rings is 3. The van der Waals surface area contributed by atoms with Gasteiger partial charge in [0.05, 0.1) is 11.3 Å². The number of nitrogens with two attached hydrogens (primary N) is 1. The second-order valence-electron chi connectivity index (χ2n) is 9.63. The fourth-order valence-electron chi connectivity index (χ4n) is 4.30. The van der Waals surface area contributed by atoms with Crippen LogP contribution in [-0.2, 0) is 27.8 Å². The fraction of sp³-hybridized carbons (Fsp3) is 0.345. The van der Waals surface area contributed by atoms with Crippen molar-refractivity contribution in [2.75, 3.05) is 13.1 Å². The van der Waals surface area contributed by atoms with Crippen LogP contribution in [0.1, 0.15) is 48.3 Å². The molecule has 0 radical (unpaired) electrons. The Balaban J connectivity index is 0.000000280. The van der Waals surface area contributed by atoms with E-state index in [4.69, 9.17) is 5.73 Å². The molecule has 2 aliphatic rings. The van der Waals surface area contributed by atoms with Crippen molar-refractivity contribution in [2.24, 2.45) is 5.73 Å². The fourth-order valence-corrected chi connectivity index (χ4v) is 5.31. The molecule has 7 heteroatoms. The summed E-state index contributed by atoms with van der Waals surface area (Å²) in [6, 6.07) is 26.7. The van der Waals surface area contributed by atoms with Crippen LogP contribution in [0, 0.1) is 0 Å². The van der Waals surface area contributed by atoms with Crippen LogP contribution in [0.15, 0.2) is 89.8 Å². The van der Waals surface area contributed by atoms with Crippen molar-refractivity contribution in [3.05, 3.63) is 102 Å². The first-order chi connectivity index (χ1) is 17.4. The monoisotopic (exact) mass is 505 g/mol. The van der Waals surface area contributed by atoms with Gasteiger partial charge in [0.1, 0.15) is 0 Å². The highest BCUT2D eigenvalue weighted by molar-refractivity contribution is 7.90. The summed E-state index contributed by atoms with van der Waals surface area (Å²) < 4.78 is 26.5. The first-order valence-electron chi connectivity index (χ1n) is 12.6. The zero-order valence-corrected chi connectivity index (χ0v) is 21.4. The Morgan fingerprint density at radius 1 is 0.806 bits per heavy atom. The van der Waals surface area contributed by atoms with Crippen LogP contribution in [0.5, 0.6) is 0 Å². The summed E-state index contributed by atoms with van der Waals surface area (Å²) in [6.45, 7) is 2.87. The number of hydrogen-bond acceptors (Lipinski definition) is 5. The molecular formula is C29H35N3O3S. The Labute approximate surface area is 214 Å². The summed E-state index contributed by atoms with van der Waals surface area (Å²) in [6.07, 6.45) is 4.88. The molecule has 3 aromatic rings. The van der Waals surface area contributed by atoms with Gasteiger partial charge >= 0.3 is 0 Å². The second kappa shape index (κ2) is 12.3. The van der Waals surface area contributed by atoms with Gasteiger partial charge in [0.2, 0.25) is 5.91 Å². The molecule has 0 spiro atoms. The first-order valence-corrected chi connectivity index (χ1v) is 14.1. The number of nitrogens with one attached hydrogen (secondary N) is 1. The van der Waals surface area contributed by atoms with Crippen LogP contribution in [0.3, 0.4) is 0 Å². The number of amides is 1. The molecule has 1 saturated carbocycles. The van der Waals surface area contributed by atoms with E-state index >= 15 is 0 Å². The number of rotatable bonds is 7. The maximum Gasteiger partial charge on any atom is 0.264 e. The SMILES string of the molecule is NC1CCN(Cc2ccc(CC(=O)NS(=O)(=O)c3ccccc3)cc2)CC1.c1ccc(C2CC2)cc1. The van der Waals surface area contributed by atoms with E-state index in [0.29, 0.717) is 6.04 Å². The number of carbonyl (C=O) groups is 1. The minimum Gasteiger partial charge on any atom is -0.328 e. The summed E-state index contributed by atoms with van der Waals surface area (Å²) in [5.74, 6) is 0.364. The normalized spacial score (nSPS) is 16.6. The molecule has 1 aliphatic carbocycles. The van der Waals surface area contributed by atoms with Crippen molar-refractivity contribution >= 4 is 15.9 Å². The Hall–Kier alpha value is -3.00. The van der Waals surface area contributed by atoms with Gasteiger partial charge < -0.3 is 5.73 Å². The van der Waals surface area contributed by atoms with Crippen LogP contribution in [-0.4, -0.2) is 38.4 Å². The molecule has 0 unspecified atom stereocenters. The Morgan fingerprint density at radius 2 is 1.36 bits per heavy atom. The summed E-state index contributed by atoms with van der Waals surface area (Å²) in [5, 5.41) is 0. The molecule has 1 saturated heterocycles.